The number of hydrogen-bond donors (Lipinski definition) is 1. The zero-order chi connectivity index (χ0) is 8.53. The average molecular weight is 158 g/mol. The fourth-order valence-electron chi connectivity index (χ4n) is 0.788. The normalized spacial score (nSPS) is 9.64. The molecule has 0 rings (SSSR count). The first-order valence-corrected chi connectivity index (χ1v) is 3.97. The first kappa shape index (κ1) is 10.4. The van der Waals surface area contributed by atoms with Gasteiger partial charge in [-0.1, -0.05) is 26.2 Å². The maximum absolute atomic E-state index is 10.7. The highest BCUT2D eigenvalue weighted by Crippen LogP contribution is 2.02. The molecule has 0 unspecified atom stereocenters. The largest absolute Gasteiger partial charge is 0.371 e. The van der Waals surface area contributed by atoms with Gasteiger partial charge in [-0.3, -0.25) is 4.79 Å². The lowest BCUT2D eigenvalue weighted by Crippen LogP contribution is -2.14. The summed E-state index contributed by atoms with van der Waals surface area (Å²) in [5.74, 6) is -0.184. The molecule has 3 nitrogen and oxygen atoms in total. The Balaban J connectivity index is 3.04. The zero-order valence-corrected chi connectivity index (χ0v) is 7.06. The maximum Gasteiger partial charge on any atom is 0.324 e. The van der Waals surface area contributed by atoms with Gasteiger partial charge in [-0.25, -0.2) is 0 Å². The molecule has 0 aliphatic rings. The van der Waals surface area contributed by atoms with Crippen LogP contribution in [0, 0.1) is 6.92 Å². The van der Waals surface area contributed by atoms with Crippen LogP contribution in [0.5, 0.6) is 0 Å². The third kappa shape index (κ3) is 7.33. The summed E-state index contributed by atoms with van der Waals surface area (Å²) in [6, 6.07) is 0. The zero-order valence-electron chi connectivity index (χ0n) is 7.06. The first-order chi connectivity index (χ1) is 5.31. The van der Waals surface area contributed by atoms with Crippen molar-refractivity contribution in [1.82, 2.24) is 5.48 Å². The van der Waals surface area contributed by atoms with Crippen molar-refractivity contribution in [1.29, 1.82) is 0 Å². The lowest BCUT2D eigenvalue weighted by atomic mass is 10.2. The van der Waals surface area contributed by atoms with Gasteiger partial charge < -0.3 is 4.84 Å². The van der Waals surface area contributed by atoms with E-state index in [0.29, 0.717) is 6.42 Å². The van der Waals surface area contributed by atoms with Crippen molar-refractivity contribution in [3.63, 3.8) is 0 Å². The highest BCUT2D eigenvalue weighted by atomic mass is 16.7. The quantitative estimate of drug-likeness (QED) is 0.469. The van der Waals surface area contributed by atoms with Gasteiger partial charge in [-0.2, -0.15) is 5.48 Å². The molecule has 0 heterocycles. The van der Waals surface area contributed by atoms with Gasteiger partial charge in [0.1, 0.15) is 0 Å². The molecule has 0 saturated carbocycles. The van der Waals surface area contributed by atoms with Crippen molar-refractivity contribution >= 4 is 5.97 Å². The first-order valence-electron chi connectivity index (χ1n) is 3.97. The number of hydroxylamine groups is 1. The molecule has 65 valence electrons. The smallest absolute Gasteiger partial charge is 0.324 e. The Bertz CT molecular complexity index is 104. The molecule has 0 atom stereocenters. The van der Waals surface area contributed by atoms with Crippen LogP contribution in [-0.2, 0) is 9.63 Å². The summed E-state index contributed by atoms with van der Waals surface area (Å²) in [6.07, 6.45) is 4.49. The van der Waals surface area contributed by atoms with Gasteiger partial charge in [0.05, 0.1) is 0 Å². The van der Waals surface area contributed by atoms with E-state index in [4.69, 9.17) is 0 Å². The number of nitrogens with one attached hydrogen (secondary N) is 1. The molecule has 3 heteroatoms. The van der Waals surface area contributed by atoms with Gasteiger partial charge in [0.2, 0.25) is 0 Å². The molecule has 1 N–H and O–H groups in total. The van der Waals surface area contributed by atoms with Crippen LogP contribution in [0.3, 0.4) is 0 Å². The minimum absolute atomic E-state index is 0.184. The van der Waals surface area contributed by atoms with Gasteiger partial charge in [0.25, 0.3) is 0 Å². The summed E-state index contributed by atoms with van der Waals surface area (Å²) in [4.78, 5) is 15.2. The average Bonchev–Trinajstić information content (AvgIpc) is 1.99. The van der Waals surface area contributed by atoms with Crippen molar-refractivity contribution in [3.8, 4) is 0 Å². The minimum atomic E-state index is -0.184. The van der Waals surface area contributed by atoms with Gasteiger partial charge in [0, 0.05) is 13.5 Å². The van der Waals surface area contributed by atoms with E-state index in [1.807, 2.05) is 0 Å². The second-order valence-corrected chi connectivity index (χ2v) is 2.34. The molecule has 0 aliphatic heterocycles. The lowest BCUT2D eigenvalue weighted by Gasteiger charge is -1.99. The van der Waals surface area contributed by atoms with Crippen LogP contribution in [0.4, 0.5) is 0 Å². The van der Waals surface area contributed by atoms with Crippen LogP contribution in [0.25, 0.3) is 0 Å². The predicted molar refractivity (Wildman–Crippen MR) is 43.6 cm³/mol. The van der Waals surface area contributed by atoms with E-state index in [0.717, 1.165) is 25.7 Å². The van der Waals surface area contributed by atoms with E-state index in [2.05, 4.69) is 17.2 Å². The summed E-state index contributed by atoms with van der Waals surface area (Å²) in [7, 11) is 1.58. The monoisotopic (exact) mass is 158 g/mol. The van der Waals surface area contributed by atoms with Crippen molar-refractivity contribution < 1.29 is 9.63 Å². The Morgan fingerprint density at radius 3 is 2.73 bits per heavy atom. The standard InChI is InChI=1S/C8H16NO2/c1-3-4-5-6-7-8(10)11-9-2/h9H,1,3-7H2,2H3. The fraction of sp³-hybridized carbons (Fsp3) is 0.750. The number of hydrogen-bond acceptors (Lipinski definition) is 3. The molecule has 0 spiro atoms. The topological polar surface area (TPSA) is 38.3 Å². The molecule has 0 aromatic heterocycles. The Kier molecular flexibility index (Phi) is 7.15. The second-order valence-electron chi connectivity index (χ2n) is 2.34. The summed E-state index contributed by atoms with van der Waals surface area (Å²) >= 11 is 0. The summed E-state index contributed by atoms with van der Waals surface area (Å²) in [6.45, 7) is 3.71. The summed E-state index contributed by atoms with van der Waals surface area (Å²) in [5.41, 5.74) is 2.35. The number of carbonyl (C=O) groups excluding carboxylic acids is 1. The highest BCUT2D eigenvalue weighted by Gasteiger charge is 1.99. The molecule has 1 radical (unpaired) electrons. The van der Waals surface area contributed by atoms with Crippen molar-refractivity contribution in [2.75, 3.05) is 7.05 Å². The van der Waals surface area contributed by atoms with Crippen molar-refractivity contribution in [2.24, 2.45) is 0 Å². The van der Waals surface area contributed by atoms with E-state index in [1.54, 1.807) is 7.05 Å². The Hall–Kier alpha value is -0.570. The van der Waals surface area contributed by atoms with E-state index in [9.17, 15) is 4.79 Å². The Morgan fingerprint density at radius 1 is 1.45 bits per heavy atom. The second kappa shape index (κ2) is 7.54. The van der Waals surface area contributed by atoms with Crippen LogP contribution in [0.1, 0.15) is 32.1 Å². The molecule has 0 aromatic rings. The van der Waals surface area contributed by atoms with Crippen LogP contribution in [0.15, 0.2) is 0 Å². The molecule has 0 bridgehead atoms. The number of carbonyl (C=O) groups is 1. The van der Waals surface area contributed by atoms with Crippen LogP contribution in [-0.4, -0.2) is 13.0 Å². The van der Waals surface area contributed by atoms with Gasteiger partial charge in [-0.15, -0.1) is 0 Å². The number of rotatable bonds is 6. The number of unbranched alkanes of at least 4 members (excludes halogenated alkanes) is 3. The third-order valence-electron chi connectivity index (χ3n) is 1.35. The molecular weight excluding hydrogens is 142 g/mol. The van der Waals surface area contributed by atoms with E-state index >= 15 is 0 Å². The van der Waals surface area contributed by atoms with Gasteiger partial charge in [0.15, 0.2) is 0 Å². The van der Waals surface area contributed by atoms with Crippen LogP contribution >= 0.6 is 0 Å². The van der Waals surface area contributed by atoms with Crippen molar-refractivity contribution in [2.45, 2.75) is 32.1 Å². The van der Waals surface area contributed by atoms with Gasteiger partial charge >= 0.3 is 5.97 Å². The summed E-state index contributed by atoms with van der Waals surface area (Å²) < 4.78 is 0. The minimum Gasteiger partial charge on any atom is -0.371 e. The predicted octanol–water partition coefficient (Wildman–Crippen LogP) is 1.45. The van der Waals surface area contributed by atoms with Crippen LogP contribution < -0.4 is 5.48 Å². The highest BCUT2D eigenvalue weighted by molar-refractivity contribution is 5.68. The van der Waals surface area contributed by atoms with Crippen molar-refractivity contribution in [3.05, 3.63) is 6.92 Å². The molecular formula is C8H16NO2. The molecule has 0 fully saturated rings. The third-order valence-corrected chi connectivity index (χ3v) is 1.35. The molecule has 11 heavy (non-hydrogen) atoms. The molecule has 0 aliphatic carbocycles. The van der Waals surface area contributed by atoms with E-state index < -0.39 is 0 Å². The molecule has 0 saturated heterocycles. The summed E-state index contributed by atoms with van der Waals surface area (Å²) in [5, 5.41) is 0. The van der Waals surface area contributed by atoms with E-state index in [-0.39, 0.29) is 5.97 Å². The van der Waals surface area contributed by atoms with Gasteiger partial charge in [-0.05, 0) is 6.42 Å². The fourth-order valence-corrected chi connectivity index (χ4v) is 0.788. The lowest BCUT2D eigenvalue weighted by molar-refractivity contribution is -0.150. The Labute approximate surface area is 68.1 Å². The Morgan fingerprint density at radius 2 is 2.18 bits per heavy atom. The van der Waals surface area contributed by atoms with E-state index in [1.165, 1.54) is 0 Å². The van der Waals surface area contributed by atoms with Crippen LogP contribution in [0.2, 0.25) is 0 Å². The molecule has 0 aromatic carbocycles. The SMILES string of the molecule is [CH2]CCCCCC(=O)ONC. The maximum atomic E-state index is 10.7. The molecule has 0 amide bonds.